The van der Waals surface area contributed by atoms with Crippen molar-refractivity contribution in [1.82, 2.24) is 0 Å². The largest absolute Gasteiger partial charge is 0.293 e. The Morgan fingerprint density at radius 2 is 1.75 bits per heavy atom. The molecule has 0 aromatic heterocycles. The molecule has 68 valence electrons. The molecule has 0 saturated carbocycles. The summed E-state index contributed by atoms with van der Waals surface area (Å²) in [6.45, 7) is 0. The van der Waals surface area contributed by atoms with E-state index in [2.05, 4.69) is 0 Å². The molecule has 0 saturated heterocycles. The Hall–Kier alpha value is -0.300. The van der Waals surface area contributed by atoms with Crippen LogP contribution in [0.4, 0.5) is 0 Å². The third-order valence-electron chi connectivity index (χ3n) is 2.20. The van der Waals surface area contributed by atoms with E-state index >= 15 is 0 Å². The lowest BCUT2D eigenvalue weighted by Gasteiger charge is -2.03. The molecule has 0 amide bonds. The first-order valence-electron chi connectivity index (χ1n) is 4.69. The van der Waals surface area contributed by atoms with E-state index in [1.54, 1.807) is 0 Å². The van der Waals surface area contributed by atoms with E-state index < -0.39 is 0 Å². The molecule has 0 bridgehead atoms. The van der Waals surface area contributed by atoms with E-state index in [1.807, 2.05) is 6.08 Å². The molecule has 0 N–H and O–H groups in total. The quantitative estimate of drug-likeness (QED) is 0.567. The molecule has 0 unspecified atom stereocenters. The highest BCUT2D eigenvalue weighted by molar-refractivity contribution is 6.42. The van der Waals surface area contributed by atoms with Gasteiger partial charge < -0.3 is 0 Å². The molecule has 0 fully saturated rings. The van der Waals surface area contributed by atoms with Gasteiger partial charge in [0.1, 0.15) is 0 Å². The SMILES string of the molecule is O=C1CCCCCCC/C=C\1Cl. The summed E-state index contributed by atoms with van der Waals surface area (Å²) in [4.78, 5) is 11.2. The predicted octanol–water partition coefficient (Wildman–Crippen LogP) is 3.42. The summed E-state index contributed by atoms with van der Waals surface area (Å²) in [6, 6.07) is 0. The molecule has 0 heterocycles. The van der Waals surface area contributed by atoms with Crippen molar-refractivity contribution in [3.8, 4) is 0 Å². The molecule has 1 aliphatic carbocycles. The van der Waals surface area contributed by atoms with E-state index in [-0.39, 0.29) is 5.78 Å². The molecule has 1 aliphatic rings. The Bertz CT molecular complexity index is 184. The number of allylic oxidation sites excluding steroid dienone is 2. The molecule has 0 aromatic rings. The average Bonchev–Trinajstić information content (AvgIpc) is 2.08. The van der Waals surface area contributed by atoms with Gasteiger partial charge in [0.2, 0.25) is 0 Å². The number of hydrogen-bond acceptors (Lipinski definition) is 1. The van der Waals surface area contributed by atoms with Gasteiger partial charge in [-0.05, 0) is 19.3 Å². The summed E-state index contributed by atoms with van der Waals surface area (Å²) in [5.74, 6) is 0.124. The zero-order valence-corrected chi connectivity index (χ0v) is 8.07. The molecule has 0 aliphatic heterocycles. The van der Waals surface area contributed by atoms with Crippen LogP contribution in [0.2, 0.25) is 0 Å². The van der Waals surface area contributed by atoms with Crippen molar-refractivity contribution >= 4 is 17.4 Å². The van der Waals surface area contributed by atoms with Crippen LogP contribution < -0.4 is 0 Å². The Labute approximate surface area is 78.8 Å². The highest BCUT2D eigenvalue weighted by Gasteiger charge is 2.06. The monoisotopic (exact) mass is 186 g/mol. The van der Waals surface area contributed by atoms with Crippen molar-refractivity contribution in [2.45, 2.75) is 44.9 Å². The van der Waals surface area contributed by atoms with Gasteiger partial charge in [-0.2, -0.15) is 0 Å². The van der Waals surface area contributed by atoms with Gasteiger partial charge in [-0.3, -0.25) is 4.79 Å². The lowest BCUT2D eigenvalue weighted by atomic mass is 10.0. The normalized spacial score (nSPS) is 26.1. The maximum absolute atomic E-state index is 11.2. The fourth-order valence-corrected chi connectivity index (χ4v) is 1.63. The van der Waals surface area contributed by atoms with Crippen LogP contribution in [0.25, 0.3) is 0 Å². The van der Waals surface area contributed by atoms with Gasteiger partial charge >= 0.3 is 0 Å². The van der Waals surface area contributed by atoms with E-state index in [4.69, 9.17) is 11.6 Å². The minimum Gasteiger partial charge on any atom is -0.293 e. The number of Topliss-reactive ketones (excluding diaryl/α,β-unsaturated/α-hetero) is 1. The van der Waals surface area contributed by atoms with Crippen LogP contribution in [0.5, 0.6) is 0 Å². The van der Waals surface area contributed by atoms with Gasteiger partial charge in [-0.1, -0.05) is 36.9 Å². The Kier molecular flexibility index (Phi) is 4.37. The van der Waals surface area contributed by atoms with Gasteiger partial charge in [-0.15, -0.1) is 0 Å². The van der Waals surface area contributed by atoms with Gasteiger partial charge in [0.15, 0.2) is 5.78 Å². The summed E-state index contributed by atoms with van der Waals surface area (Å²) >= 11 is 5.78. The van der Waals surface area contributed by atoms with Crippen LogP contribution in [-0.4, -0.2) is 5.78 Å². The minimum atomic E-state index is 0.124. The van der Waals surface area contributed by atoms with Gasteiger partial charge in [0.25, 0.3) is 0 Å². The number of halogens is 1. The van der Waals surface area contributed by atoms with Crippen molar-refractivity contribution in [1.29, 1.82) is 0 Å². The van der Waals surface area contributed by atoms with Crippen LogP contribution in [0.3, 0.4) is 0 Å². The standard InChI is InChI=1S/C10H15ClO/c11-9-7-5-3-1-2-4-6-8-10(9)12/h7H,1-6,8H2/b9-7+. The minimum absolute atomic E-state index is 0.124. The molecule has 0 spiro atoms. The molecule has 0 aromatic carbocycles. The van der Waals surface area contributed by atoms with Crippen molar-refractivity contribution in [2.24, 2.45) is 0 Å². The Morgan fingerprint density at radius 1 is 1.08 bits per heavy atom. The molecule has 2 heteroatoms. The van der Waals surface area contributed by atoms with Crippen LogP contribution in [0.1, 0.15) is 44.9 Å². The Balaban J connectivity index is 2.47. The van der Waals surface area contributed by atoms with E-state index in [1.165, 1.54) is 25.7 Å². The number of rotatable bonds is 0. The topological polar surface area (TPSA) is 17.1 Å². The van der Waals surface area contributed by atoms with Crippen LogP contribution in [0, 0.1) is 0 Å². The van der Waals surface area contributed by atoms with Gasteiger partial charge in [-0.25, -0.2) is 0 Å². The zero-order chi connectivity index (χ0) is 8.81. The maximum Gasteiger partial charge on any atom is 0.173 e. The molecule has 1 nitrogen and oxygen atoms in total. The fourth-order valence-electron chi connectivity index (χ4n) is 1.42. The van der Waals surface area contributed by atoms with Crippen LogP contribution >= 0.6 is 11.6 Å². The van der Waals surface area contributed by atoms with Crippen LogP contribution in [-0.2, 0) is 4.79 Å². The van der Waals surface area contributed by atoms with E-state index in [9.17, 15) is 4.79 Å². The number of ketones is 1. The summed E-state index contributed by atoms with van der Waals surface area (Å²) in [7, 11) is 0. The molecular formula is C10H15ClO. The highest BCUT2D eigenvalue weighted by atomic mass is 35.5. The molecule has 1 rings (SSSR count). The first-order chi connectivity index (χ1) is 5.80. The molecule has 0 radical (unpaired) electrons. The Morgan fingerprint density at radius 3 is 2.58 bits per heavy atom. The van der Waals surface area contributed by atoms with Crippen molar-refractivity contribution in [3.05, 3.63) is 11.1 Å². The van der Waals surface area contributed by atoms with Crippen LogP contribution in [0.15, 0.2) is 11.1 Å². The number of carbonyl (C=O) groups excluding carboxylic acids is 1. The summed E-state index contributed by atoms with van der Waals surface area (Å²) < 4.78 is 0. The second kappa shape index (κ2) is 5.36. The average molecular weight is 187 g/mol. The predicted molar refractivity (Wildman–Crippen MR) is 51.3 cm³/mol. The second-order valence-corrected chi connectivity index (χ2v) is 3.69. The lowest BCUT2D eigenvalue weighted by molar-refractivity contribution is -0.115. The van der Waals surface area contributed by atoms with Crippen molar-refractivity contribution in [3.63, 3.8) is 0 Å². The fraction of sp³-hybridized carbons (Fsp3) is 0.700. The van der Waals surface area contributed by atoms with E-state index in [0.717, 1.165) is 12.8 Å². The van der Waals surface area contributed by atoms with Gasteiger partial charge in [0.05, 0.1) is 5.03 Å². The number of hydrogen-bond donors (Lipinski definition) is 0. The number of carbonyl (C=O) groups is 1. The summed E-state index contributed by atoms with van der Waals surface area (Å²) in [5.41, 5.74) is 0. The first-order valence-corrected chi connectivity index (χ1v) is 5.07. The molecule has 0 atom stereocenters. The second-order valence-electron chi connectivity index (χ2n) is 3.28. The van der Waals surface area contributed by atoms with Crippen molar-refractivity contribution in [2.75, 3.05) is 0 Å². The zero-order valence-electron chi connectivity index (χ0n) is 7.31. The van der Waals surface area contributed by atoms with Gasteiger partial charge in [0, 0.05) is 6.42 Å². The first kappa shape index (κ1) is 9.79. The summed E-state index contributed by atoms with van der Waals surface area (Å²) in [5, 5.41) is 0.455. The smallest absolute Gasteiger partial charge is 0.173 e. The third-order valence-corrected chi connectivity index (χ3v) is 2.56. The van der Waals surface area contributed by atoms with Crippen molar-refractivity contribution < 1.29 is 4.79 Å². The maximum atomic E-state index is 11.2. The molecule has 12 heavy (non-hydrogen) atoms. The lowest BCUT2D eigenvalue weighted by Crippen LogP contribution is -1.98. The van der Waals surface area contributed by atoms with E-state index in [0.29, 0.717) is 11.5 Å². The summed E-state index contributed by atoms with van der Waals surface area (Å²) in [6.07, 6.45) is 9.35. The molecular weight excluding hydrogens is 172 g/mol. The third kappa shape index (κ3) is 3.40. The highest BCUT2D eigenvalue weighted by Crippen LogP contribution is 2.16.